The molecule has 0 rings (SSSR count). The highest BCUT2D eigenvalue weighted by Crippen LogP contribution is 2.11. The smallest absolute Gasteiger partial charge is 0.306 e. The maximum Gasteiger partial charge on any atom is 0.306 e. The van der Waals surface area contributed by atoms with E-state index < -0.39 is 6.10 Å². The van der Waals surface area contributed by atoms with Gasteiger partial charge >= 0.3 is 17.9 Å². The Morgan fingerprint density at radius 2 is 0.707 bits per heavy atom. The summed E-state index contributed by atoms with van der Waals surface area (Å²) in [6.45, 7) is 6.11. The Bertz CT molecular complexity index is 1330. The summed E-state index contributed by atoms with van der Waals surface area (Å²) in [5.74, 6) is -1.04. The molecule has 322 valence electrons. The first kappa shape index (κ1) is 53.6. The molecule has 1 atom stereocenters. The van der Waals surface area contributed by atoms with Crippen LogP contribution in [-0.4, -0.2) is 37.2 Å². The minimum absolute atomic E-state index is 0.125. The van der Waals surface area contributed by atoms with Crippen LogP contribution in [0.2, 0.25) is 0 Å². The molecule has 0 aromatic carbocycles. The summed E-state index contributed by atoms with van der Waals surface area (Å²) < 4.78 is 16.6. The fraction of sp³-hybridized carbons (Fsp3) is 0.519. The van der Waals surface area contributed by atoms with Gasteiger partial charge in [-0.1, -0.05) is 180 Å². The molecule has 6 heteroatoms. The lowest BCUT2D eigenvalue weighted by Gasteiger charge is -2.18. The van der Waals surface area contributed by atoms with Crippen molar-refractivity contribution in [2.45, 2.75) is 162 Å². The van der Waals surface area contributed by atoms with Crippen molar-refractivity contribution < 1.29 is 28.6 Å². The van der Waals surface area contributed by atoms with Crippen LogP contribution in [-0.2, 0) is 28.6 Å². The van der Waals surface area contributed by atoms with Gasteiger partial charge in [0.2, 0.25) is 0 Å². The molecule has 0 spiro atoms. The minimum Gasteiger partial charge on any atom is -0.462 e. The Hall–Kier alpha value is -4.45. The third kappa shape index (κ3) is 42.7. The second-order valence-electron chi connectivity index (χ2n) is 14.0. The highest BCUT2D eigenvalue weighted by molar-refractivity contribution is 5.71. The van der Waals surface area contributed by atoms with Gasteiger partial charge in [-0.3, -0.25) is 14.4 Å². The molecule has 1 unspecified atom stereocenters. The zero-order valence-corrected chi connectivity index (χ0v) is 36.5. The fourth-order valence-corrected chi connectivity index (χ4v) is 5.30. The van der Waals surface area contributed by atoms with E-state index >= 15 is 0 Å². The molecule has 0 saturated carbocycles. The third-order valence-corrected chi connectivity index (χ3v) is 8.57. The molecule has 0 saturated heterocycles. The van der Waals surface area contributed by atoms with Crippen molar-refractivity contribution in [3.05, 3.63) is 134 Å². The van der Waals surface area contributed by atoms with Crippen LogP contribution in [0.1, 0.15) is 156 Å². The third-order valence-electron chi connectivity index (χ3n) is 8.57. The highest BCUT2D eigenvalue weighted by Gasteiger charge is 2.19. The maximum absolute atomic E-state index is 12.7. The Kier molecular flexibility index (Phi) is 41.8. The topological polar surface area (TPSA) is 78.9 Å². The first-order valence-electron chi connectivity index (χ1n) is 22.3. The highest BCUT2D eigenvalue weighted by atomic mass is 16.6. The predicted octanol–water partition coefficient (Wildman–Crippen LogP) is 14.4. The second kappa shape index (κ2) is 45.3. The van der Waals surface area contributed by atoms with Gasteiger partial charge in [0.1, 0.15) is 13.2 Å². The molecule has 0 bridgehead atoms. The Labute approximate surface area is 354 Å². The van der Waals surface area contributed by atoms with E-state index in [4.69, 9.17) is 14.2 Å². The number of rotatable bonds is 37. The van der Waals surface area contributed by atoms with Gasteiger partial charge in [0.25, 0.3) is 0 Å². The number of unbranched alkanes of at least 4 members (excludes halogenated alkanes) is 10. The van der Waals surface area contributed by atoms with Crippen LogP contribution < -0.4 is 0 Å². The Balaban J connectivity index is 4.60. The first-order valence-corrected chi connectivity index (χ1v) is 22.3. The largest absolute Gasteiger partial charge is 0.462 e. The molecule has 0 N–H and O–H groups in total. The first-order chi connectivity index (χ1) is 28.5. The van der Waals surface area contributed by atoms with Crippen LogP contribution in [0.15, 0.2) is 134 Å². The number of hydrogen-bond donors (Lipinski definition) is 0. The van der Waals surface area contributed by atoms with E-state index in [-0.39, 0.29) is 37.5 Å². The minimum atomic E-state index is -0.827. The van der Waals surface area contributed by atoms with Gasteiger partial charge in [0.15, 0.2) is 6.10 Å². The standard InChI is InChI=1S/C52H78O6/c1-4-7-10-13-16-19-22-25-28-30-33-36-39-42-45-51(54)57-48-49(58-52(55)46-43-40-37-34-31-27-24-21-18-15-12-9-6-3)47-56-50(53)44-41-38-35-32-29-26-23-20-17-14-11-8-5-2/h7-12,14-21,23-29,31,49H,4-6,13,22,30,32-48H2,1-3H3/b10-7+,11-8+,12-9+,17-14+,18-15+,19-16+,23-20+,24-21+,28-25+,29-26+,31-27+. The van der Waals surface area contributed by atoms with Crippen molar-refractivity contribution in [3.8, 4) is 0 Å². The molecule has 0 aliphatic carbocycles. The van der Waals surface area contributed by atoms with Crippen molar-refractivity contribution in [1.82, 2.24) is 0 Å². The van der Waals surface area contributed by atoms with Gasteiger partial charge in [0.05, 0.1) is 0 Å². The lowest BCUT2D eigenvalue weighted by molar-refractivity contribution is -0.167. The summed E-state index contributed by atoms with van der Waals surface area (Å²) in [6.07, 6.45) is 62.9. The quantitative estimate of drug-likeness (QED) is 0.0205. The van der Waals surface area contributed by atoms with Gasteiger partial charge in [-0.25, -0.2) is 0 Å². The van der Waals surface area contributed by atoms with Crippen LogP contribution in [0.25, 0.3) is 0 Å². The van der Waals surface area contributed by atoms with E-state index in [0.29, 0.717) is 19.3 Å². The Morgan fingerprint density at radius 3 is 1.17 bits per heavy atom. The van der Waals surface area contributed by atoms with Gasteiger partial charge in [0, 0.05) is 19.3 Å². The van der Waals surface area contributed by atoms with Gasteiger partial charge in [-0.15, -0.1) is 0 Å². The van der Waals surface area contributed by atoms with E-state index in [1.807, 2.05) is 72.9 Å². The average Bonchev–Trinajstić information content (AvgIpc) is 3.22. The second-order valence-corrected chi connectivity index (χ2v) is 14.0. The summed E-state index contributed by atoms with van der Waals surface area (Å²) >= 11 is 0. The van der Waals surface area contributed by atoms with E-state index in [1.165, 1.54) is 0 Å². The van der Waals surface area contributed by atoms with Crippen LogP contribution in [0.5, 0.6) is 0 Å². The van der Waals surface area contributed by atoms with Crippen molar-refractivity contribution in [1.29, 1.82) is 0 Å². The van der Waals surface area contributed by atoms with Crippen molar-refractivity contribution in [2.75, 3.05) is 13.2 Å². The molecule has 0 amide bonds. The van der Waals surface area contributed by atoms with Gasteiger partial charge in [-0.05, 0) is 89.9 Å². The molecule has 0 aliphatic rings. The summed E-state index contributed by atoms with van der Waals surface area (Å²) in [6, 6.07) is 0. The molecule has 0 heterocycles. The molecule has 0 fully saturated rings. The van der Waals surface area contributed by atoms with Crippen molar-refractivity contribution in [3.63, 3.8) is 0 Å². The molecule has 0 radical (unpaired) electrons. The van der Waals surface area contributed by atoms with E-state index in [1.54, 1.807) is 0 Å². The summed E-state index contributed by atoms with van der Waals surface area (Å²) in [5, 5.41) is 0. The number of allylic oxidation sites excluding steroid dienone is 22. The lowest BCUT2D eigenvalue weighted by Crippen LogP contribution is -2.30. The molecule has 58 heavy (non-hydrogen) atoms. The molecular formula is C52H78O6. The molecular weight excluding hydrogens is 721 g/mol. The fourth-order valence-electron chi connectivity index (χ4n) is 5.30. The summed E-state index contributed by atoms with van der Waals surface area (Å²) in [5.41, 5.74) is 0. The molecule has 0 aromatic heterocycles. The average molecular weight is 799 g/mol. The summed E-state index contributed by atoms with van der Waals surface area (Å²) in [7, 11) is 0. The van der Waals surface area contributed by atoms with E-state index in [9.17, 15) is 14.4 Å². The number of ether oxygens (including phenoxy) is 3. The monoisotopic (exact) mass is 799 g/mol. The molecule has 0 aromatic rings. The number of carbonyl (C=O) groups is 3. The van der Waals surface area contributed by atoms with Crippen LogP contribution >= 0.6 is 0 Å². The maximum atomic E-state index is 12.7. The summed E-state index contributed by atoms with van der Waals surface area (Å²) in [4.78, 5) is 37.7. The van der Waals surface area contributed by atoms with Crippen LogP contribution in [0.3, 0.4) is 0 Å². The number of hydrogen-bond acceptors (Lipinski definition) is 6. The Morgan fingerprint density at radius 1 is 0.362 bits per heavy atom. The van der Waals surface area contributed by atoms with E-state index in [0.717, 1.165) is 109 Å². The van der Waals surface area contributed by atoms with Crippen LogP contribution in [0, 0.1) is 0 Å². The van der Waals surface area contributed by atoms with E-state index in [2.05, 4.69) is 81.5 Å². The van der Waals surface area contributed by atoms with Gasteiger partial charge in [-0.2, -0.15) is 0 Å². The SMILES string of the molecule is CC/C=C/C=C/C=C/C=C/CCCCCC(=O)OCC(COC(=O)CCCCCC/C=C/C/C=C/C/C=C/CC)OC(=O)CCCCC/C=C/C=C/C=C/C=C/CC. The zero-order valence-electron chi connectivity index (χ0n) is 36.5. The normalized spacial score (nSPS) is 13.4. The van der Waals surface area contributed by atoms with Crippen molar-refractivity contribution in [2.24, 2.45) is 0 Å². The van der Waals surface area contributed by atoms with Gasteiger partial charge < -0.3 is 14.2 Å². The lowest BCUT2D eigenvalue weighted by atomic mass is 10.1. The molecule has 0 aliphatic heterocycles. The zero-order chi connectivity index (χ0) is 42.3. The molecule has 6 nitrogen and oxygen atoms in total. The number of carbonyl (C=O) groups excluding carboxylic acids is 3. The predicted molar refractivity (Wildman–Crippen MR) is 246 cm³/mol. The van der Waals surface area contributed by atoms with Crippen LogP contribution in [0.4, 0.5) is 0 Å². The van der Waals surface area contributed by atoms with Crippen molar-refractivity contribution >= 4 is 17.9 Å². The number of esters is 3.